The first-order valence-corrected chi connectivity index (χ1v) is 11.9. The van der Waals surface area contributed by atoms with Gasteiger partial charge in [0.25, 0.3) is 0 Å². The number of aromatic nitrogens is 3. The summed E-state index contributed by atoms with van der Waals surface area (Å²) in [5, 5.41) is 11.2. The van der Waals surface area contributed by atoms with E-state index in [2.05, 4.69) is 37.1 Å². The molecule has 34 heavy (non-hydrogen) atoms. The Morgan fingerprint density at radius 3 is 2.24 bits per heavy atom. The maximum Gasteiger partial charge on any atom is 1.00 e. The molecule has 172 valence electrons. The number of benzene rings is 2. The van der Waals surface area contributed by atoms with Crippen molar-refractivity contribution in [1.29, 1.82) is 0 Å². The van der Waals surface area contributed by atoms with Crippen LogP contribution in [0.25, 0.3) is 0 Å². The van der Waals surface area contributed by atoms with Gasteiger partial charge in [0.1, 0.15) is 15.8 Å². The van der Waals surface area contributed by atoms with Gasteiger partial charge in [-0.25, -0.2) is 16.8 Å². The molecule has 0 aliphatic rings. The zero-order valence-electron chi connectivity index (χ0n) is 17.4. The molecular formula is C17H14ClN8NaO5S2. The number of nitrogen functional groups attached to an aromatic ring is 2. The molecule has 0 radical (unpaired) electrons. The standard InChI is InChI=1S/C17H15ClN8O5S2.Na/c1-2-32(27,28)10-5-3-9(4-6-10)25-26-13-7-11(19)14(33(29,30)31)8-12(13)21-17-23-15(18)22-16(20)24-17;/h2-8H,1,19H2,(H,29,30,31)(H3,20,21,22,23,24);/q;+1/p-1. The van der Waals surface area contributed by atoms with Crippen molar-refractivity contribution < 1.29 is 50.9 Å². The third-order valence-electron chi connectivity index (χ3n) is 3.93. The molecule has 3 rings (SSSR count). The number of halogens is 1. The van der Waals surface area contributed by atoms with Crippen molar-refractivity contribution >= 4 is 66.2 Å². The van der Waals surface area contributed by atoms with Crippen molar-refractivity contribution in [2.45, 2.75) is 9.79 Å². The second-order valence-corrected chi connectivity index (χ2v) is 9.76. The van der Waals surface area contributed by atoms with Crippen LogP contribution >= 0.6 is 11.6 Å². The van der Waals surface area contributed by atoms with Crippen LogP contribution < -0.4 is 46.3 Å². The number of hydrogen-bond acceptors (Lipinski definition) is 13. The molecule has 3 aromatic rings. The van der Waals surface area contributed by atoms with Gasteiger partial charge in [0.05, 0.1) is 26.9 Å². The van der Waals surface area contributed by atoms with E-state index in [-0.39, 0.29) is 74.4 Å². The number of nitrogens with two attached hydrogens (primary N) is 2. The van der Waals surface area contributed by atoms with Crippen molar-refractivity contribution in [3.05, 3.63) is 53.7 Å². The van der Waals surface area contributed by atoms with Crippen molar-refractivity contribution in [3.8, 4) is 0 Å². The maximum absolute atomic E-state index is 11.8. The van der Waals surface area contributed by atoms with Crippen LogP contribution in [0.3, 0.4) is 0 Å². The SMILES string of the molecule is C=CS(=O)(=O)c1ccc(N=Nc2cc(N)c(S(=O)(=O)[O-])cc2Nc2nc(N)nc(Cl)n2)cc1.[Na+]. The fourth-order valence-corrected chi connectivity index (χ4v) is 3.92. The van der Waals surface area contributed by atoms with E-state index in [1.54, 1.807) is 0 Å². The minimum Gasteiger partial charge on any atom is -0.744 e. The normalized spacial score (nSPS) is 11.7. The van der Waals surface area contributed by atoms with Crippen LogP contribution in [0.5, 0.6) is 0 Å². The van der Waals surface area contributed by atoms with E-state index >= 15 is 0 Å². The van der Waals surface area contributed by atoms with E-state index in [0.717, 1.165) is 17.5 Å². The molecule has 0 unspecified atom stereocenters. The molecule has 0 spiro atoms. The Kier molecular flexibility index (Phi) is 8.70. The van der Waals surface area contributed by atoms with E-state index in [4.69, 9.17) is 23.1 Å². The molecule has 0 atom stereocenters. The molecule has 5 N–H and O–H groups in total. The number of rotatable bonds is 7. The second kappa shape index (κ2) is 10.7. The average molecular weight is 533 g/mol. The number of sulfone groups is 1. The molecule has 0 fully saturated rings. The van der Waals surface area contributed by atoms with Crippen molar-refractivity contribution in [2.24, 2.45) is 10.2 Å². The van der Waals surface area contributed by atoms with Crippen LogP contribution in [-0.2, 0) is 20.0 Å². The van der Waals surface area contributed by atoms with Gasteiger partial charge in [-0.3, -0.25) is 0 Å². The predicted octanol–water partition coefficient (Wildman–Crippen LogP) is -0.326. The first-order chi connectivity index (χ1) is 15.4. The number of nitrogens with one attached hydrogen (secondary N) is 1. The zero-order valence-corrected chi connectivity index (χ0v) is 21.8. The Balaban J connectivity index is 0.00000408. The molecule has 0 aliphatic heterocycles. The van der Waals surface area contributed by atoms with Gasteiger partial charge in [-0.2, -0.15) is 20.1 Å². The predicted molar refractivity (Wildman–Crippen MR) is 119 cm³/mol. The van der Waals surface area contributed by atoms with E-state index in [1.165, 1.54) is 24.3 Å². The van der Waals surface area contributed by atoms with Gasteiger partial charge >= 0.3 is 29.6 Å². The topological polar surface area (TPSA) is 219 Å². The summed E-state index contributed by atoms with van der Waals surface area (Å²) in [5.41, 5.74) is 11.0. The van der Waals surface area contributed by atoms with Crippen LogP contribution in [0.2, 0.25) is 5.28 Å². The van der Waals surface area contributed by atoms with Gasteiger partial charge in [0.15, 0.2) is 9.84 Å². The van der Waals surface area contributed by atoms with Gasteiger partial charge in [0.2, 0.25) is 17.2 Å². The van der Waals surface area contributed by atoms with Gasteiger partial charge in [-0.1, -0.05) is 6.58 Å². The Morgan fingerprint density at radius 1 is 1.03 bits per heavy atom. The molecule has 0 aliphatic carbocycles. The Morgan fingerprint density at radius 2 is 1.68 bits per heavy atom. The summed E-state index contributed by atoms with van der Waals surface area (Å²) in [4.78, 5) is 10.5. The minimum absolute atomic E-state index is 0. The summed E-state index contributed by atoms with van der Waals surface area (Å²) < 4.78 is 58.2. The van der Waals surface area contributed by atoms with E-state index in [9.17, 15) is 21.4 Å². The van der Waals surface area contributed by atoms with E-state index < -0.39 is 24.9 Å². The summed E-state index contributed by atoms with van der Waals surface area (Å²) in [6.07, 6.45) is 0. The zero-order chi connectivity index (χ0) is 24.4. The molecule has 2 aromatic carbocycles. The van der Waals surface area contributed by atoms with Crippen LogP contribution in [-0.4, -0.2) is 36.3 Å². The van der Waals surface area contributed by atoms with Crippen LogP contribution in [0, 0.1) is 0 Å². The summed E-state index contributed by atoms with van der Waals surface area (Å²) in [6.45, 7) is 3.25. The van der Waals surface area contributed by atoms with Gasteiger partial charge in [-0.05, 0) is 48.0 Å². The van der Waals surface area contributed by atoms with Gasteiger partial charge < -0.3 is 21.3 Å². The molecule has 0 bridgehead atoms. The number of anilines is 4. The van der Waals surface area contributed by atoms with Gasteiger partial charge in [-0.15, -0.1) is 5.11 Å². The molecule has 1 aromatic heterocycles. The third kappa shape index (κ3) is 6.69. The van der Waals surface area contributed by atoms with Crippen LogP contribution in [0.1, 0.15) is 0 Å². The summed E-state index contributed by atoms with van der Waals surface area (Å²) in [5.74, 6) is -0.385. The van der Waals surface area contributed by atoms with Crippen LogP contribution in [0.15, 0.2) is 68.4 Å². The first-order valence-electron chi connectivity index (χ1n) is 8.62. The summed E-state index contributed by atoms with van der Waals surface area (Å²) in [6, 6.07) is 7.42. The number of azo groups is 1. The molecule has 0 saturated heterocycles. The van der Waals surface area contributed by atoms with Crippen molar-refractivity contribution in [2.75, 3.05) is 16.8 Å². The fourth-order valence-electron chi connectivity index (χ4n) is 2.44. The Bertz CT molecular complexity index is 1460. The monoisotopic (exact) mass is 532 g/mol. The van der Waals surface area contributed by atoms with Crippen molar-refractivity contribution in [3.63, 3.8) is 0 Å². The minimum atomic E-state index is -4.93. The smallest absolute Gasteiger partial charge is 0.744 e. The van der Waals surface area contributed by atoms with Crippen molar-refractivity contribution in [1.82, 2.24) is 15.0 Å². The molecule has 17 heteroatoms. The maximum atomic E-state index is 11.8. The molecular weight excluding hydrogens is 519 g/mol. The molecule has 1 heterocycles. The fraction of sp³-hybridized carbons (Fsp3) is 0. The number of nitrogens with zero attached hydrogens (tertiary/aromatic N) is 5. The van der Waals surface area contributed by atoms with Gasteiger partial charge in [0, 0.05) is 5.41 Å². The average Bonchev–Trinajstić information content (AvgIpc) is 2.72. The third-order valence-corrected chi connectivity index (χ3v) is 6.36. The molecule has 0 saturated carbocycles. The Hall–Kier alpha value is -2.66. The second-order valence-electron chi connectivity index (χ2n) is 6.18. The van der Waals surface area contributed by atoms with Crippen LogP contribution in [0.4, 0.5) is 34.6 Å². The largest absolute Gasteiger partial charge is 1.00 e. The Labute approximate surface area is 221 Å². The summed E-state index contributed by atoms with van der Waals surface area (Å²) in [7, 11) is -8.54. The first kappa shape index (κ1) is 27.6. The number of hydrogen-bond donors (Lipinski definition) is 3. The van der Waals surface area contributed by atoms with E-state index in [1.807, 2.05) is 0 Å². The van der Waals surface area contributed by atoms with E-state index in [0.29, 0.717) is 0 Å². The quantitative estimate of drug-likeness (QED) is 0.155. The molecule has 13 nitrogen and oxygen atoms in total. The molecule has 0 amide bonds. The summed E-state index contributed by atoms with van der Waals surface area (Å²) >= 11 is 5.74.